The van der Waals surface area contributed by atoms with E-state index in [1.807, 2.05) is 0 Å². The number of nitrogens with zero attached hydrogens (tertiary/aromatic N) is 2. The Bertz CT molecular complexity index is 585. The molecule has 3 heteroatoms. The molecule has 2 atom stereocenters. The van der Waals surface area contributed by atoms with Gasteiger partial charge in [-0.25, -0.2) is 4.98 Å². The van der Waals surface area contributed by atoms with Crippen molar-refractivity contribution in [3.63, 3.8) is 0 Å². The summed E-state index contributed by atoms with van der Waals surface area (Å²) >= 11 is 3.61. The van der Waals surface area contributed by atoms with Crippen LogP contribution in [0, 0.1) is 12.8 Å². The number of rotatable bonds is 0. The van der Waals surface area contributed by atoms with E-state index in [9.17, 15) is 0 Å². The minimum atomic E-state index is 0.581. The second-order valence-electron chi connectivity index (χ2n) is 5.28. The second-order valence-corrected chi connectivity index (χ2v) is 6.14. The van der Waals surface area contributed by atoms with Crippen molar-refractivity contribution >= 4 is 21.6 Å². The molecule has 3 rings (SSSR count). The number of aromatic nitrogens is 2. The Morgan fingerprint density at radius 2 is 2.18 bits per heavy atom. The molecule has 0 saturated heterocycles. The number of imidazole rings is 1. The zero-order chi connectivity index (χ0) is 12.2. The Morgan fingerprint density at radius 1 is 1.41 bits per heavy atom. The fraction of sp³-hybridized carbons (Fsp3) is 0.500. The van der Waals surface area contributed by atoms with E-state index in [1.54, 1.807) is 0 Å². The molecule has 0 radical (unpaired) electrons. The van der Waals surface area contributed by atoms with E-state index in [0.29, 0.717) is 5.92 Å². The van der Waals surface area contributed by atoms with Crippen LogP contribution in [0.2, 0.25) is 0 Å². The first-order chi connectivity index (χ1) is 8.08. The second kappa shape index (κ2) is 3.84. The Kier molecular flexibility index (Phi) is 2.54. The minimum absolute atomic E-state index is 0.581. The first-order valence-corrected chi connectivity index (χ1v) is 7.04. The number of fused-ring (bicyclic) bond motifs is 3. The SMILES string of the molecule is Cc1cc2nc3c(n2cc1Br)CCC(C)C3C. The molecule has 0 amide bonds. The average Bonchev–Trinajstić information content (AvgIpc) is 2.63. The lowest BCUT2D eigenvalue weighted by Gasteiger charge is -2.24. The summed E-state index contributed by atoms with van der Waals surface area (Å²) in [6.45, 7) is 6.75. The van der Waals surface area contributed by atoms with Crippen LogP contribution in [0.1, 0.15) is 43.1 Å². The van der Waals surface area contributed by atoms with Gasteiger partial charge < -0.3 is 4.40 Å². The lowest BCUT2D eigenvalue weighted by atomic mass is 9.82. The van der Waals surface area contributed by atoms with Crippen molar-refractivity contribution in [2.75, 3.05) is 0 Å². The maximum absolute atomic E-state index is 4.83. The largest absolute Gasteiger partial charge is 0.303 e. The van der Waals surface area contributed by atoms with Crippen molar-refractivity contribution in [1.29, 1.82) is 0 Å². The molecule has 0 saturated carbocycles. The summed E-state index contributed by atoms with van der Waals surface area (Å²) < 4.78 is 3.42. The number of pyridine rings is 1. The Labute approximate surface area is 110 Å². The molecule has 0 aromatic carbocycles. The van der Waals surface area contributed by atoms with Crippen molar-refractivity contribution in [3.8, 4) is 0 Å². The van der Waals surface area contributed by atoms with Crippen molar-refractivity contribution in [2.24, 2.45) is 5.92 Å². The van der Waals surface area contributed by atoms with Crippen LogP contribution in [0.4, 0.5) is 0 Å². The molecule has 2 nitrogen and oxygen atoms in total. The first-order valence-electron chi connectivity index (χ1n) is 6.25. The molecule has 2 aromatic rings. The van der Waals surface area contributed by atoms with Crippen molar-refractivity contribution < 1.29 is 0 Å². The maximum atomic E-state index is 4.83. The zero-order valence-electron chi connectivity index (χ0n) is 10.5. The summed E-state index contributed by atoms with van der Waals surface area (Å²) in [5, 5.41) is 0. The van der Waals surface area contributed by atoms with Gasteiger partial charge in [0, 0.05) is 22.3 Å². The highest BCUT2D eigenvalue weighted by molar-refractivity contribution is 9.10. The summed E-state index contributed by atoms with van der Waals surface area (Å²) in [6, 6.07) is 2.17. The summed E-state index contributed by atoms with van der Waals surface area (Å²) in [7, 11) is 0. The minimum Gasteiger partial charge on any atom is -0.303 e. The Hall–Kier alpha value is -0.830. The fourth-order valence-electron chi connectivity index (χ4n) is 2.72. The van der Waals surface area contributed by atoms with Crippen LogP contribution >= 0.6 is 15.9 Å². The van der Waals surface area contributed by atoms with Crippen LogP contribution in [0.25, 0.3) is 5.65 Å². The molecule has 90 valence electrons. The third-order valence-corrected chi connectivity index (χ3v) is 4.98. The van der Waals surface area contributed by atoms with E-state index >= 15 is 0 Å². The van der Waals surface area contributed by atoms with E-state index in [-0.39, 0.29) is 0 Å². The third kappa shape index (κ3) is 1.63. The van der Waals surface area contributed by atoms with E-state index in [1.165, 1.54) is 23.4 Å². The molecule has 0 spiro atoms. The molecule has 1 aliphatic rings. The molecule has 0 bridgehead atoms. The maximum Gasteiger partial charge on any atom is 0.137 e. The summed E-state index contributed by atoms with van der Waals surface area (Å²) in [5.41, 5.74) is 5.06. The van der Waals surface area contributed by atoms with E-state index in [2.05, 4.69) is 53.4 Å². The number of halogens is 1. The topological polar surface area (TPSA) is 17.3 Å². The van der Waals surface area contributed by atoms with E-state index < -0.39 is 0 Å². The van der Waals surface area contributed by atoms with Gasteiger partial charge in [-0.05, 0) is 53.2 Å². The van der Waals surface area contributed by atoms with Crippen molar-refractivity contribution in [2.45, 2.75) is 39.5 Å². The van der Waals surface area contributed by atoms with Crippen LogP contribution in [-0.2, 0) is 6.42 Å². The molecule has 0 fully saturated rings. The quantitative estimate of drug-likeness (QED) is 0.715. The van der Waals surface area contributed by atoms with Crippen molar-refractivity contribution in [3.05, 3.63) is 33.7 Å². The average molecular weight is 293 g/mol. The van der Waals surface area contributed by atoms with Gasteiger partial charge in [-0.3, -0.25) is 0 Å². The van der Waals surface area contributed by atoms with Gasteiger partial charge in [0.05, 0.1) is 5.69 Å². The van der Waals surface area contributed by atoms with Crippen LogP contribution in [0.5, 0.6) is 0 Å². The van der Waals surface area contributed by atoms with E-state index in [4.69, 9.17) is 4.98 Å². The Morgan fingerprint density at radius 3 is 2.94 bits per heavy atom. The molecule has 0 N–H and O–H groups in total. The molecule has 2 heterocycles. The molecular weight excluding hydrogens is 276 g/mol. The van der Waals surface area contributed by atoms with Crippen LogP contribution in [0.15, 0.2) is 16.7 Å². The highest BCUT2D eigenvalue weighted by Gasteiger charge is 2.27. The van der Waals surface area contributed by atoms with Gasteiger partial charge in [-0.1, -0.05) is 13.8 Å². The highest BCUT2D eigenvalue weighted by Crippen LogP contribution is 2.36. The van der Waals surface area contributed by atoms with Gasteiger partial charge in [0.2, 0.25) is 0 Å². The monoisotopic (exact) mass is 292 g/mol. The van der Waals surface area contributed by atoms with Gasteiger partial charge in [-0.2, -0.15) is 0 Å². The number of aryl methyl sites for hydroxylation is 2. The van der Waals surface area contributed by atoms with Crippen LogP contribution in [0.3, 0.4) is 0 Å². The number of hydrogen-bond acceptors (Lipinski definition) is 1. The normalized spacial score (nSPS) is 24.0. The molecule has 1 aliphatic carbocycles. The lowest BCUT2D eigenvalue weighted by molar-refractivity contribution is 0.415. The lowest BCUT2D eigenvalue weighted by Crippen LogP contribution is -2.16. The Balaban J connectivity index is 2.28. The zero-order valence-corrected chi connectivity index (χ0v) is 12.1. The van der Waals surface area contributed by atoms with Crippen molar-refractivity contribution in [1.82, 2.24) is 9.38 Å². The smallest absolute Gasteiger partial charge is 0.137 e. The highest BCUT2D eigenvalue weighted by atomic mass is 79.9. The summed E-state index contributed by atoms with van der Waals surface area (Å²) in [4.78, 5) is 4.83. The number of hydrogen-bond donors (Lipinski definition) is 0. The van der Waals surface area contributed by atoms with Gasteiger partial charge in [-0.15, -0.1) is 0 Å². The van der Waals surface area contributed by atoms with E-state index in [0.717, 1.165) is 22.5 Å². The van der Waals surface area contributed by atoms with Gasteiger partial charge in [0.1, 0.15) is 5.65 Å². The van der Waals surface area contributed by atoms with Gasteiger partial charge in [0.15, 0.2) is 0 Å². The summed E-state index contributed by atoms with van der Waals surface area (Å²) in [5.74, 6) is 1.33. The standard InChI is InChI=1S/C14H17BrN2/c1-8-4-5-12-14(10(8)3)16-13-6-9(2)11(15)7-17(12)13/h6-8,10H,4-5H2,1-3H3. The molecule has 2 unspecified atom stereocenters. The predicted octanol–water partition coefficient (Wildman–Crippen LogP) is 4.09. The fourth-order valence-corrected chi connectivity index (χ4v) is 3.04. The van der Waals surface area contributed by atoms with Gasteiger partial charge in [0.25, 0.3) is 0 Å². The molecular formula is C14H17BrN2. The molecule has 2 aromatic heterocycles. The van der Waals surface area contributed by atoms with Crippen LogP contribution < -0.4 is 0 Å². The molecule has 0 aliphatic heterocycles. The first kappa shape index (κ1) is 11.3. The predicted molar refractivity (Wildman–Crippen MR) is 73.5 cm³/mol. The van der Waals surface area contributed by atoms with Gasteiger partial charge >= 0.3 is 0 Å². The summed E-state index contributed by atoms with van der Waals surface area (Å²) in [6.07, 6.45) is 4.59. The molecule has 17 heavy (non-hydrogen) atoms. The third-order valence-electron chi connectivity index (χ3n) is 4.15. The van der Waals surface area contributed by atoms with Crippen LogP contribution in [-0.4, -0.2) is 9.38 Å².